The molecule has 0 aliphatic carbocycles. The lowest BCUT2D eigenvalue weighted by Gasteiger charge is -2.30. The second-order valence-corrected chi connectivity index (χ2v) is 35.9. The van der Waals surface area contributed by atoms with Crippen molar-refractivity contribution >= 4 is 144 Å². The lowest BCUT2D eigenvalue weighted by molar-refractivity contribution is 0.583. The molecular weight excluding hydrogens is 1810 g/mol. The lowest BCUT2D eigenvalue weighted by atomic mass is 9.91. The standard InChI is InChI=1S/C66H38F4N4.C66H40F2N4/c1-72-54-24-16-45(17-25-54)51-33-49(43-10-6-3-7-11-43)35-56(37-51)74(64-31-23-53(68)39-60(64)70)62-29-21-47-18-26-57-61(28-20-46-19-27-58(62)66(47)65(46)57)73(63-30-22-52(67)38-59(63)69)55-34-48(42-8-4-2-5-9-42)32-50(36-55)44-14-12-41(40-71)13-15-44;1-70-54-30-24-47(25-31-54)53-37-51(45-14-6-3-7-15-45)39-56(41-53)72(64-19-11-9-17-60(64)68)62-35-29-49-26-32-57-61(34-28-48-27-33-58(62)66(49)65(48)57)71(63-18-10-8-16-59(63)67)55-38-50(44-12-4-2-5-13-44)36-52(40-55)46-22-20-43(42-69)21-23-46/h2-39H;2-41H. The first-order valence-electron chi connectivity index (χ1n) is 47.4. The second kappa shape index (κ2) is 38.4. The monoisotopic (exact) mass is 1890 g/mol. The highest BCUT2D eigenvalue weighted by molar-refractivity contribution is 6.30. The van der Waals surface area contributed by atoms with Crippen molar-refractivity contribution in [2.75, 3.05) is 19.6 Å². The highest BCUT2D eigenvalue weighted by atomic mass is 19.2. The third-order valence-corrected chi connectivity index (χ3v) is 27.2. The van der Waals surface area contributed by atoms with Crippen molar-refractivity contribution in [3.63, 3.8) is 0 Å². The van der Waals surface area contributed by atoms with E-state index >= 15 is 17.6 Å². The number of benzene rings is 24. The molecule has 24 rings (SSSR count). The Morgan fingerprint density at radius 1 is 0.185 bits per heavy atom. The zero-order valence-electron chi connectivity index (χ0n) is 77.9. The van der Waals surface area contributed by atoms with Gasteiger partial charge in [0, 0.05) is 56.4 Å². The second-order valence-electron chi connectivity index (χ2n) is 35.9. The summed E-state index contributed by atoms with van der Waals surface area (Å²) in [6.45, 7) is 15.1. The van der Waals surface area contributed by atoms with E-state index in [0.29, 0.717) is 56.6 Å². The molecule has 0 saturated carbocycles. The van der Waals surface area contributed by atoms with E-state index < -0.39 is 23.3 Å². The van der Waals surface area contributed by atoms with Crippen molar-refractivity contribution in [2.24, 2.45) is 0 Å². The van der Waals surface area contributed by atoms with Crippen molar-refractivity contribution in [2.45, 2.75) is 0 Å². The summed E-state index contributed by atoms with van der Waals surface area (Å²) in [5.74, 6) is -3.71. The van der Waals surface area contributed by atoms with Crippen LogP contribution >= 0.6 is 0 Å². The molecule has 0 amide bonds. The quantitative estimate of drug-likeness (QED) is 0.0430. The van der Waals surface area contributed by atoms with Gasteiger partial charge in [-0.05, 0) is 302 Å². The minimum atomic E-state index is -0.764. The van der Waals surface area contributed by atoms with E-state index in [-0.39, 0.29) is 23.0 Å². The van der Waals surface area contributed by atoms with Crippen LogP contribution in [0.15, 0.2) is 473 Å². The van der Waals surface area contributed by atoms with E-state index in [1.54, 1.807) is 36.4 Å². The van der Waals surface area contributed by atoms with Crippen molar-refractivity contribution in [1.82, 2.24) is 0 Å². The first-order chi connectivity index (χ1) is 71.6. The molecule has 0 atom stereocenters. The largest absolute Gasteiger partial charge is 0.307 e. The number of hydrogen-bond acceptors (Lipinski definition) is 6. The zero-order valence-corrected chi connectivity index (χ0v) is 77.9. The van der Waals surface area contributed by atoms with Gasteiger partial charge in [-0.3, -0.25) is 0 Å². The van der Waals surface area contributed by atoms with Gasteiger partial charge in [-0.25, -0.2) is 36.0 Å². The Morgan fingerprint density at radius 2 is 0.397 bits per heavy atom. The van der Waals surface area contributed by atoms with E-state index in [1.165, 1.54) is 36.4 Å². The normalized spacial score (nSPS) is 11.2. The molecule has 0 bridgehead atoms. The maximum atomic E-state index is 16.6. The summed E-state index contributed by atoms with van der Waals surface area (Å²) in [7, 11) is 0. The fourth-order valence-electron chi connectivity index (χ4n) is 20.3. The molecule has 688 valence electrons. The molecule has 0 aromatic heterocycles. The van der Waals surface area contributed by atoms with Gasteiger partial charge in [-0.2, -0.15) is 10.5 Å². The van der Waals surface area contributed by atoms with Crippen LogP contribution in [0.4, 0.5) is 106 Å². The molecule has 0 heterocycles. The van der Waals surface area contributed by atoms with Gasteiger partial charge in [0.15, 0.2) is 11.4 Å². The molecule has 0 unspecified atom stereocenters. The Bertz CT molecular complexity index is 8830. The molecule has 0 fully saturated rings. The van der Waals surface area contributed by atoms with Gasteiger partial charge >= 0.3 is 0 Å². The molecule has 0 spiro atoms. The van der Waals surface area contributed by atoms with Gasteiger partial charge in [-0.15, -0.1) is 0 Å². The van der Waals surface area contributed by atoms with Crippen molar-refractivity contribution < 1.29 is 26.3 Å². The summed E-state index contributed by atoms with van der Waals surface area (Å²) in [4.78, 5) is 14.9. The number of nitriles is 2. The number of nitrogens with zero attached hydrogens (tertiary/aromatic N) is 8. The average molecular weight is 1890 g/mol. The Morgan fingerprint density at radius 3 is 0.630 bits per heavy atom. The third-order valence-electron chi connectivity index (χ3n) is 27.2. The molecule has 24 aromatic rings. The van der Waals surface area contributed by atoms with Crippen LogP contribution in [0.25, 0.3) is 163 Å². The van der Waals surface area contributed by atoms with Crippen molar-refractivity contribution in [3.05, 3.63) is 542 Å². The van der Waals surface area contributed by atoms with Gasteiger partial charge in [0.05, 0.1) is 81.9 Å². The van der Waals surface area contributed by atoms with E-state index in [9.17, 15) is 19.3 Å². The van der Waals surface area contributed by atoms with Gasteiger partial charge in [-0.1, -0.05) is 291 Å². The summed E-state index contributed by atoms with van der Waals surface area (Å²) in [5.41, 5.74) is 23.1. The molecule has 0 saturated heterocycles. The fraction of sp³-hybridized carbons (Fsp3) is 0. The third kappa shape index (κ3) is 17.1. The number of rotatable bonds is 20. The molecule has 0 N–H and O–H groups in total. The van der Waals surface area contributed by atoms with E-state index in [0.717, 1.165) is 189 Å². The summed E-state index contributed by atoms with van der Waals surface area (Å²) in [6.07, 6.45) is 0. The predicted molar refractivity (Wildman–Crippen MR) is 584 cm³/mol. The Kier molecular flexibility index (Phi) is 23.6. The van der Waals surface area contributed by atoms with E-state index in [2.05, 4.69) is 143 Å². The SMILES string of the molecule is [C-]#[N+]c1ccc(-c2cc(-c3ccccc3)cc(N(c3ccc(F)cc3F)c3ccc4ccc5c(N(c6cc(-c7ccccc7)cc(-c7ccc(C#N)cc7)c6)c6ccc(F)cc6F)ccc6ccc3c4c65)c2)cc1.[C-]#[N+]c1ccc(-c2cc(-c3ccccc3)cc(N(c3ccccc3F)c3ccc4ccc5c(N(c6cc(-c7ccccc7)cc(-c7ccc(C#N)cc7)c6)c6ccccc6F)ccc6ccc3c4c65)c2)cc1. The minimum absolute atomic E-state index is 0.119. The highest BCUT2D eigenvalue weighted by Gasteiger charge is 2.31. The summed E-state index contributed by atoms with van der Waals surface area (Å²) >= 11 is 0. The summed E-state index contributed by atoms with van der Waals surface area (Å²) in [5, 5.41) is 30.1. The van der Waals surface area contributed by atoms with Crippen molar-refractivity contribution in [1.29, 1.82) is 10.5 Å². The number of para-hydroxylation sites is 2. The van der Waals surface area contributed by atoms with Gasteiger partial charge in [0.2, 0.25) is 0 Å². The molecule has 8 nitrogen and oxygen atoms in total. The number of halogens is 6. The van der Waals surface area contributed by atoms with Crippen LogP contribution < -0.4 is 19.6 Å². The van der Waals surface area contributed by atoms with Gasteiger partial charge in [0.25, 0.3) is 0 Å². The van der Waals surface area contributed by atoms with E-state index in [4.69, 9.17) is 13.1 Å². The Balaban J connectivity index is 0.000000161. The van der Waals surface area contributed by atoms with Crippen LogP contribution in [0.1, 0.15) is 11.1 Å². The number of hydrogen-bond donors (Lipinski definition) is 0. The van der Waals surface area contributed by atoms with Crippen LogP contribution in [0, 0.1) is 70.7 Å². The molecule has 0 aliphatic heterocycles. The predicted octanol–water partition coefficient (Wildman–Crippen LogP) is 38.1. The first-order valence-corrected chi connectivity index (χ1v) is 47.4. The molecular formula is C132H78F6N8. The summed E-state index contributed by atoms with van der Waals surface area (Å²) in [6, 6.07) is 153. The molecule has 24 aromatic carbocycles. The average Bonchev–Trinajstić information content (AvgIpc) is 0.718. The zero-order chi connectivity index (χ0) is 99.2. The van der Waals surface area contributed by atoms with Gasteiger partial charge < -0.3 is 19.6 Å². The first kappa shape index (κ1) is 90.0. The van der Waals surface area contributed by atoms with Gasteiger partial charge in [0.1, 0.15) is 34.9 Å². The lowest BCUT2D eigenvalue weighted by Crippen LogP contribution is -2.14. The van der Waals surface area contributed by atoms with Crippen LogP contribution in [0.3, 0.4) is 0 Å². The number of anilines is 12. The molecule has 0 radical (unpaired) electrons. The van der Waals surface area contributed by atoms with E-state index in [1.807, 2.05) is 287 Å². The van der Waals surface area contributed by atoms with Crippen LogP contribution in [0.2, 0.25) is 0 Å². The molecule has 0 aliphatic rings. The maximum Gasteiger partial charge on any atom is 0.187 e. The summed E-state index contributed by atoms with van der Waals surface area (Å²) < 4.78 is 96.3. The minimum Gasteiger partial charge on any atom is -0.307 e. The topological polar surface area (TPSA) is 69.3 Å². The van der Waals surface area contributed by atoms with Crippen molar-refractivity contribution in [3.8, 4) is 101 Å². The molecule has 146 heavy (non-hydrogen) atoms. The Hall–Kier alpha value is -19.9. The Labute approximate surface area is 838 Å². The highest BCUT2D eigenvalue weighted by Crippen LogP contribution is 2.55. The van der Waals surface area contributed by atoms with Crippen LogP contribution in [-0.4, -0.2) is 0 Å². The molecule has 14 heteroatoms. The van der Waals surface area contributed by atoms with Crippen LogP contribution in [-0.2, 0) is 0 Å². The van der Waals surface area contributed by atoms with Crippen LogP contribution in [0.5, 0.6) is 0 Å². The fourth-order valence-corrected chi connectivity index (χ4v) is 20.3. The smallest absolute Gasteiger partial charge is 0.187 e. The maximum absolute atomic E-state index is 16.6.